The maximum Gasteiger partial charge on any atom is 0.315 e. The maximum atomic E-state index is 12.1. The molecule has 0 spiro atoms. The summed E-state index contributed by atoms with van der Waals surface area (Å²) in [5, 5.41) is 47.7. The maximum absolute atomic E-state index is 12.1. The quantitative estimate of drug-likeness (QED) is 0.230. The van der Waals surface area contributed by atoms with Gasteiger partial charge in [-0.2, -0.15) is 5.26 Å². The van der Waals surface area contributed by atoms with Crippen molar-refractivity contribution >= 4 is 17.7 Å². The highest BCUT2D eigenvalue weighted by molar-refractivity contribution is 6.01. The third-order valence-corrected chi connectivity index (χ3v) is 2.99. The number of rotatable bonds is 6. The molecular formula is C14H15N3O6. The highest BCUT2D eigenvalue weighted by Crippen LogP contribution is 2.36. The van der Waals surface area contributed by atoms with E-state index in [1.165, 1.54) is 4.90 Å². The van der Waals surface area contributed by atoms with Crippen molar-refractivity contribution < 1.29 is 25.0 Å². The summed E-state index contributed by atoms with van der Waals surface area (Å²) in [4.78, 5) is 23.3. The van der Waals surface area contributed by atoms with Crippen molar-refractivity contribution in [3.8, 4) is 17.6 Å². The second-order valence-electron chi connectivity index (χ2n) is 4.44. The monoisotopic (exact) mass is 321 g/mol. The second-order valence-corrected chi connectivity index (χ2v) is 4.44. The number of carbonyl (C=O) groups is 1. The van der Waals surface area contributed by atoms with Gasteiger partial charge in [-0.1, -0.05) is 0 Å². The Balaban J connectivity index is 3.29. The van der Waals surface area contributed by atoms with E-state index in [1.807, 2.05) is 0 Å². The Labute approximate surface area is 131 Å². The molecule has 0 atom stereocenters. The summed E-state index contributed by atoms with van der Waals surface area (Å²) in [5.41, 5.74) is -1.06. The number of phenols is 2. The van der Waals surface area contributed by atoms with Gasteiger partial charge in [0, 0.05) is 19.2 Å². The van der Waals surface area contributed by atoms with Crippen LogP contribution in [0.5, 0.6) is 11.5 Å². The molecule has 3 N–H and O–H groups in total. The van der Waals surface area contributed by atoms with Crippen LogP contribution in [0.3, 0.4) is 0 Å². The molecule has 0 unspecified atom stereocenters. The molecule has 23 heavy (non-hydrogen) atoms. The molecular weight excluding hydrogens is 306 g/mol. The van der Waals surface area contributed by atoms with Crippen LogP contribution >= 0.6 is 0 Å². The Morgan fingerprint density at radius 2 is 2.13 bits per heavy atom. The van der Waals surface area contributed by atoms with E-state index in [-0.39, 0.29) is 30.8 Å². The number of aliphatic hydroxyl groups excluding tert-OH is 1. The number of benzene rings is 1. The number of carbonyl (C=O) groups excluding carboxylic acids is 1. The van der Waals surface area contributed by atoms with Crippen molar-refractivity contribution in [1.29, 1.82) is 5.26 Å². The molecule has 0 radical (unpaired) electrons. The van der Waals surface area contributed by atoms with E-state index in [2.05, 4.69) is 0 Å². The minimum absolute atomic E-state index is 0.0111. The molecule has 9 nitrogen and oxygen atoms in total. The predicted octanol–water partition coefficient (Wildman–Crippen LogP) is 0.754. The molecule has 0 aliphatic carbocycles. The number of phenolic OH excluding ortho intramolecular Hbond substituents is 2. The van der Waals surface area contributed by atoms with Crippen LogP contribution in [0.25, 0.3) is 6.08 Å². The molecule has 9 heteroatoms. The van der Waals surface area contributed by atoms with Crippen molar-refractivity contribution in [1.82, 2.24) is 4.90 Å². The predicted molar refractivity (Wildman–Crippen MR) is 79.4 cm³/mol. The average molecular weight is 321 g/mol. The second kappa shape index (κ2) is 7.77. The summed E-state index contributed by atoms with van der Waals surface area (Å²) < 4.78 is 0. The molecule has 0 fully saturated rings. The van der Waals surface area contributed by atoms with E-state index in [9.17, 15) is 25.1 Å². The first-order valence-electron chi connectivity index (χ1n) is 6.58. The molecule has 1 rings (SSSR count). The standard InChI is InChI=1S/C14H15N3O6/c1-2-16(3-4-18)14(21)10(8-15)5-9-6-11(17(22)23)13(20)12(19)7-9/h5-7,18-20H,2-4H2,1H3/b10-5-. The van der Waals surface area contributed by atoms with Crippen LogP contribution in [0.2, 0.25) is 0 Å². The fraction of sp³-hybridized carbons (Fsp3) is 0.286. The van der Waals surface area contributed by atoms with Gasteiger partial charge in [-0.15, -0.1) is 0 Å². The molecule has 0 saturated carbocycles. The van der Waals surface area contributed by atoms with Crippen molar-refractivity contribution in [3.05, 3.63) is 33.4 Å². The smallest absolute Gasteiger partial charge is 0.315 e. The van der Waals surface area contributed by atoms with E-state index in [0.717, 1.165) is 18.2 Å². The number of nitro groups is 1. The lowest BCUT2D eigenvalue weighted by Crippen LogP contribution is -2.34. The summed E-state index contributed by atoms with van der Waals surface area (Å²) in [6, 6.07) is 3.61. The number of nitro benzene ring substituents is 1. The number of aliphatic hydroxyl groups is 1. The number of amides is 1. The van der Waals surface area contributed by atoms with Crippen LogP contribution in [0.1, 0.15) is 12.5 Å². The summed E-state index contributed by atoms with van der Waals surface area (Å²) >= 11 is 0. The highest BCUT2D eigenvalue weighted by atomic mass is 16.6. The van der Waals surface area contributed by atoms with Gasteiger partial charge >= 0.3 is 5.69 Å². The normalized spacial score (nSPS) is 10.9. The molecule has 0 aliphatic rings. The van der Waals surface area contributed by atoms with Gasteiger partial charge in [0.15, 0.2) is 5.75 Å². The Morgan fingerprint density at radius 3 is 2.61 bits per heavy atom. The van der Waals surface area contributed by atoms with E-state index in [4.69, 9.17) is 10.4 Å². The first-order valence-corrected chi connectivity index (χ1v) is 6.58. The van der Waals surface area contributed by atoms with Crippen molar-refractivity contribution in [3.63, 3.8) is 0 Å². The Bertz CT molecular complexity index is 692. The fourth-order valence-corrected chi connectivity index (χ4v) is 1.85. The summed E-state index contributed by atoms with van der Waals surface area (Å²) in [6.45, 7) is 1.69. The number of aromatic hydroxyl groups is 2. The van der Waals surface area contributed by atoms with Gasteiger partial charge in [-0.3, -0.25) is 14.9 Å². The van der Waals surface area contributed by atoms with Gasteiger partial charge in [0.25, 0.3) is 5.91 Å². The Kier molecular flexibility index (Phi) is 6.05. The zero-order valence-electron chi connectivity index (χ0n) is 12.3. The topological polar surface area (TPSA) is 148 Å². The zero-order chi connectivity index (χ0) is 17.6. The molecule has 1 aromatic carbocycles. The fourth-order valence-electron chi connectivity index (χ4n) is 1.85. The molecule has 0 saturated heterocycles. The number of likely N-dealkylation sites (N-methyl/N-ethyl adjacent to an activating group) is 1. The summed E-state index contributed by atoms with van der Waals surface area (Å²) in [5.74, 6) is -2.29. The highest BCUT2D eigenvalue weighted by Gasteiger charge is 2.20. The van der Waals surface area contributed by atoms with Crippen LogP contribution < -0.4 is 0 Å². The van der Waals surface area contributed by atoms with E-state index >= 15 is 0 Å². The van der Waals surface area contributed by atoms with Crippen molar-refractivity contribution in [2.75, 3.05) is 19.7 Å². The van der Waals surface area contributed by atoms with E-state index in [1.54, 1.807) is 13.0 Å². The largest absolute Gasteiger partial charge is 0.504 e. The Hall–Kier alpha value is -3.12. The third kappa shape index (κ3) is 4.18. The molecule has 1 amide bonds. The molecule has 0 aliphatic heterocycles. The van der Waals surface area contributed by atoms with E-state index < -0.39 is 28.0 Å². The van der Waals surface area contributed by atoms with Crippen molar-refractivity contribution in [2.24, 2.45) is 0 Å². The van der Waals surface area contributed by atoms with Gasteiger partial charge in [0.1, 0.15) is 11.6 Å². The first-order chi connectivity index (χ1) is 10.8. The van der Waals surface area contributed by atoms with Crippen LogP contribution in [-0.2, 0) is 4.79 Å². The van der Waals surface area contributed by atoms with Gasteiger partial charge in [-0.25, -0.2) is 0 Å². The lowest BCUT2D eigenvalue weighted by molar-refractivity contribution is -0.386. The minimum Gasteiger partial charge on any atom is -0.504 e. The van der Waals surface area contributed by atoms with Gasteiger partial charge in [0.05, 0.1) is 11.5 Å². The number of nitriles is 1. The van der Waals surface area contributed by atoms with Gasteiger partial charge in [0.2, 0.25) is 5.75 Å². The van der Waals surface area contributed by atoms with Gasteiger partial charge in [-0.05, 0) is 24.6 Å². The molecule has 0 bridgehead atoms. The third-order valence-electron chi connectivity index (χ3n) is 2.99. The molecule has 0 heterocycles. The Morgan fingerprint density at radius 1 is 1.48 bits per heavy atom. The van der Waals surface area contributed by atoms with Crippen LogP contribution in [0, 0.1) is 21.4 Å². The zero-order valence-corrected chi connectivity index (χ0v) is 12.3. The molecule has 0 aromatic heterocycles. The number of nitrogens with zero attached hydrogens (tertiary/aromatic N) is 3. The minimum atomic E-state index is -0.898. The van der Waals surface area contributed by atoms with Crippen LogP contribution in [0.4, 0.5) is 5.69 Å². The van der Waals surface area contributed by atoms with Crippen molar-refractivity contribution in [2.45, 2.75) is 6.92 Å². The summed E-state index contributed by atoms with van der Waals surface area (Å²) in [7, 11) is 0. The number of hydrogen-bond donors (Lipinski definition) is 3. The lowest BCUT2D eigenvalue weighted by atomic mass is 10.1. The lowest BCUT2D eigenvalue weighted by Gasteiger charge is -2.18. The average Bonchev–Trinajstić information content (AvgIpc) is 2.52. The van der Waals surface area contributed by atoms with Gasteiger partial charge < -0.3 is 20.2 Å². The SMILES string of the molecule is CCN(CCO)C(=O)/C(C#N)=C\c1cc(O)c(O)c([N+](=O)[O-])c1. The summed E-state index contributed by atoms with van der Waals surface area (Å²) in [6.07, 6.45) is 1.06. The van der Waals surface area contributed by atoms with Crippen LogP contribution in [0.15, 0.2) is 17.7 Å². The number of hydrogen-bond acceptors (Lipinski definition) is 7. The van der Waals surface area contributed by atoms with E-state index in [0.29, 0.717) is 0 Å². The molecule has 122 valence electrons. The molecule has 1 aromatic rings. The first kappa shape index (κ1) is 17.9. The van der Waals surface area contributed by atoms with Crippen LogP contribution in [-0.4, -0.2) is 50.7 Å².